The first-order chi connectivity index (χ1) is 6.40. The molecule has 2 aromatic rings. The van der Waals surface area contributed by atoms with Gasteiger partial charge in [-0.15, -0.1) is 0 Å². The van der Waals surface area contributed by atoms with Gasteiger partial charge in [0, 0.05) is 12.6 Å². The van der Waals surface area contributed by atoms with Crippen molar-refractivity contribution in [3.05, 3.63) is 30.3 Å². The van der Waals surface area contributed by atoms with Gasteiger partial charge in [-0.3, -0.25) is 0 Å². The molecule has 1 heterocycles. The summed E-state index contributed by atoms with van der Waals surface area (Å²) >= 11 is 1.40. The standard InChI is InChI=1S/C9H9N3S/c1-10-9-11-8(13-12-9)7-5-3-2-4-6-7/h2-6H,1H3,(H,10,12). The van der Waals surface area contributed by atoms with Gasteiger partial charge in [-0.25, -0.2) is 0 Å². The Morgan fingerprint density at radius 2 is 2.00 bits per heavy atom. The van der Waals surface area contributed by atoms with E-state index in [1.807, 2.05) is 37.4 Å². The predicted molar refractivity (Wildman–Crippen MR) is 54.9 cm³/mol. The fourth-order valence-corrected chi connectivity index (χ4v) is 1.70. The van der Waals surface area contributed by atoms with E-state index in [1.165, 1.54) is 11.5 Å². The highest BCUT2D eigenvalue weighted by Crippen LogP contribution is 2.21. The number of nitrogens with one attached hydrogen (secondary N) is 1. The van der Waals surface area contributed by atoms with Crippen molar-refractivity contribution in [1.29, 1.82) is 0 Å². The Hall–Kier alpha value is -1.42. The number of hydrogen-bond donors (Lipinski definition) is 1. The second kappa shape index (κ2) is 3.53. The maximum absolute atomic E-state index is 4.30. The van der Waals surface area contributed by atoms with Crippen LogP contribution in [-0.2, 0) is 0 Å². The van der Waals surface area contributed by atoms with Crippen molar-refractivity contribution in [2.24, 2.45) is 0 Å². The fourth-order valence-electron chi connectivity index (χ4n) is 1.02. The van der Waals surface area contributed by atoms with Crippen molar-refractivity contribution >= 4 is 17.5 Å². The zero-order valence-corrected chi connectivity index (χ0v) is 8.01. The second-order valence-corrected chi connectivity index (χ2v) is 3.29. The maximum atomic E-state index is 4.30. The smallest absolute Gasteiger partial charge is 0.234 e. The lowest BCUT2D eigenvalue weighted by atomic mass is 10.2. The third-order valence-electron chi connectivity index (χ3n) is 1.67. The lowest BCUT2D eigenvalue weighted by Crippen LogP contribution is -1.88. The third kappa shape index (κ3) is 1.67. The van der Waals surface area contributed by atoms with E-state index in [1.54, 1.807) is 0 Å². The van der Waals surface area contributed by atoms with Crippen molar-refractivity contribution < 1.29 is 0 Å². The van der Waals surface area contributed by atoms with E-state index in [0.29, 0.717) is 5.95 Å². The molecule has 0 fully saturated rings. The molecule has 0 radical (unpaired) electrons. The van der Waals surface area contributed by atoms with Crippen molar-refractivity contribution in [2.75, 3.05) is 12.4 Å². The summed E-state index contributed by atoms with van der Waals surface area (Å²) in [5.41, 5.74) is 1.11. The van der Waals surface area contributed by atoms with Gasteiger partial charge in [-0.1, -0.05) is 30.3 Å². The summed E-state index contributed by atoms with van der Waals surface area (Å²) in [6.07, 6.45) is 0. The van der Waals surface area contributed by atoms with E-state index in [0.717, 1.165) is 10.6 Å². The molecular weight excluding hydrogens is 182 g/mol. The van der Waals surface area contributed by atoms with Crippen LogP contribution in [0, 0.1) is 0 Å². The molecule has 0 aliphatic rings. The summed E-state index contributed by atoms with van der Waals surface area (Å²) in [5.74, 6) is 0.684. The zero-order chi connectivity index (χ0) is 9.10. The molecule has 3 nitrogen and oxygen atoms in total. The summed E-state index contributed by atoms with van der Waals surface area (Å²) in [5, 5.41) is 3.85. The van der Waals surface area contributed by atoms with E-state index in [9.17, 15) is 0 Å². The fraction of sp³-hybridized carbons (Fsp3) is 0.111. The molecular formula is C9H9N3S. The molecule has 4 heteroatoms. The van der Waals surface area contributed by atoms with Gasteiger partial charge in [0.15, 0.2) is 0 Å². The summed E-state index contributed by atoms with van der Waals surface area (Å²) in [6, 6.07) is 10.0. The van der Waals surface area contributed by atoms with Crippen LogP contribution in [0.5, 0.6) is 0 Å². The monoisotopic (exact) mass is 191 g/mol. The van der Waals surface area contributed by atoms with Crippen LogP contribution in [0.3, 0.4) is 0 Å². The molecule has 0 saturated carbocycles. The molecule has 0 aliphatic heterocycles. The number of anilines is 1. The largest absolute Gasteiger partial charge is 0.357 e. The minimum absolute atomic E-state index is 0.684. The number of hydrogen-bond acceptors (Lipinski definition) is 4. The number of nitrogens with zero attached hydrogens (tertiary/aromatic N) is 2. The normalized spacial score (nSPS) is 9.92. The first kappa shape index (κ1) is 8.19. The number of aromatic nitrogens is 2. The van der Waals surface area contributed by atoms with Gasteiger partial charge in [-0.05, 0) is 11.5 Å². The van der Waals surface area contributed by atoms with Crippen molar-refractivity contribution in [3.63, 3.8) is 0 Å². The minimum atomic E-state index is 0.684. The van der Waals surface area contributed by atoms with Crippen LogP contribution in [0.25, 0.3) is 10.6 Å². The summed E-state index contributed by atoms with van der Waals surface area (Å²) in [4.78, 5) is 4.30. The van der Waals surface area contributed by atoms with Crippen LogP contribution in [0.15, 0.2) is 30.3 Å². The molecule has 66 valence electrons. The molecule has 0 aliphatic carbocycles. The molecule has 1 aromatic heterocycles. The van der Waals surface area contributed by atoms with E-state index < -0.39 is 0 Å². The van der Waals surface area contributed by atoms with E-state index in [-0.39, 0.29) is 0 Å². The molecule has 0 spiro atoms. The quantitative estimate of drug-likeness (QED) is 0.791. The zero-order valence-electron chi connectivity index (χ0n) is 7.19. The lowest BCUT2D eigenvalue weighted by molar-refractivity contribution is 1.28. The van der Waals surface area contributed by atoms with Crippen LogP contribution >= 0.6 is 11.5 Å². The van der Waals surface area contributed by atoms with Crippen molar-refractivity contribution in [3.8, 4) is 10.6 Å². The Kier molecular flexibility index (Phi) is 2.23. The highest BCUT2D eigenvalue weighted by Gasteiger charge is 2.03. The molecule has 0 saturated heterocycles. The van der Waals surface area contributed by atoms with Crippen LogP contribution in [0.2, 0.25) is 0 Å². The molecule has 0 bridgehead atoms. The highest BCUT2D eigenvalue weighted by atomic mass is 32.1. The first-order valence-corrected chi connectivity index (χ1v) is 4.74. The Labute approximate surface area is 80.6 Å². The van der Waals surface area contributed by atoms with Gasteiger partial charge < -0.3 is 5.32 Å². The molecule has 13 heavy (non-hydrogen) atoms. The molecule has 0 atom stereocenters. The van der Waals surface area contributed by atoms with Crippen molar-refractivity contribution in [1.82, 2.24) is 9.36 Å². The van der Waals surface area contributed by atoms with E-state index >= 15 is 0 Å². The van der Waals surface area contributed by atoms with Crippen LogP contribution in [0.4, 0.5) is 5.95 Å². The average Bonchev–Trinajstić information content (AvgIpc) is 2.67. The van der Waals surface area contributed by atoms with Gasteiger partial charge in [0.05, 0.1) is 0 Å². The minimum Gasteiger partial charge on any atom is -0.357 e. The van der Waals surface area contributed by atoms with Gasteiger partial charge in [0.2, 0.25) is 5.95 Å². The van der Waals surface area contributed by atoms with E-state index in [4.69, 9.17) is 0 Å². The maximum Gasteiger partial charge on any atom is 0.234 e. The van der Waals surface area contributed by atoms with Gasteiger partial charge in [-0.2, -0.15) is 9.36 Å². The van der Waals surface area contributed by atoms with Gasteiger partial charge in [0.1, 0.15) is 5.01 Å². The summed E-state index contributed by atoms with van der Waals surface area (Å²) in [7, 11) is 1.82. The van der Waals surface area contributed by atoms with E-state index in [2.05, 4.69) is 14.7 Å². The van der Waals surface area contributed by atoms with Crippen LogP contribution in [-0.4, -0.2) is 16.4 Å². The summed E-state index contributed by atoms with van der Waals surface area (Å²) < 4.78 is 4.13. The first-order valence-electron chi connectivity index (χ1n) is 3.97. The van der Waals surface area contributed by atoms with Gasteiger partial charge >= 0.3 is 0 Å². The molecule has 1 N–H and O–H groups in total. The Morgan fingerprint density at radius 3 is 2.62 bits per heavy atom. The third-order valence-corrected chi connectivity index (χ3v) is 2.43. The number of benzene rings is 1. The predicted octanol–water partition coefficient (Wildman–Crippen LogP) is 2.25. The van der Waals surface area contributed by atoms with Crippen LogP contribution < -0.4 is 5.32 Å². The second-order valence-electron chi connectivity index (χ2n) is 2.54. The highest BCUT2D eigenvalue weighted by molar-refractivity contribution is 7.09. The van der Waals surface area contributed by atoms with Crippen LogP contribution in [0.1, 0.15) is 0 Å². The van der Waals surface area contributed by atoms with Gasteiger partial charge in [0.25, 0.3) is 0 Å². The molecule has 0 amide bonds. The average molecular weight is 191 g/mol. The Bertz CT molecular complexity index is 383. The topological polar surface area (TPSA) is 37.8 Å². The molecule has 0 unspecified atom stereocenters. The van der Waals surface area contributed by atoms with Crippen molar-refractivity contribution in [2.45, 2.75) is 0 Å². The molecule has 2 rings (SSSR count). The summed E-state index contributed by atoms with van der Waals surface area (Å²) in [6.45, 7) is 0. The Balaban J connectivity index is 2.36. The molecule has 1 aromatic carbocycles. The lowest BCUT2D eigenvalue weighted by Gasteiger charge is -1.91. The SMILES string of the molecule is CNc1nsc(-c2ccccc2)n1. The Morgan fingerprint density at radius 1 is 1.23 bits per heavy atom. The number of rotatable bonds is 2.